The van der Waals surface area contributed by atoms with Gasteiger partial charge in [0.2, 0.25) is 0 Å². The fraction of sp³-hybridized carbons (Fsp3) is 1.00. The maximum absolute atomic E-state index is 10.00. The minimum Gasteiger partial charge on any atom is -0.389 e. The molecule has 0 bridgehead atoms. The van der Waals surface area contributed by atoms with Gasteiger partial charge in [-0.15, -0.1) is 0 Å². The summed E-state index contributed by atoms with van der Waals surface area (Å²) in [6.45, 7) is 4.13. The van der Waals surface area contributed by atoms with E-state index in [1.807, 2.05) is 0 Å². The Labute approximate surface area is 123 Å². The first-order valence-electron chi connectivity index (χ1n) is 8.21. The van der Waals surface area contributed by atoms with Crippen molar-refractivity contribution in [3.63, 3.8) is 0 Å². The predicted molar refractivity (Wildman–Crippen MR) is 79.8 cm³/mol. The first kappa shape index (κ1) is 16.2. The SMILES string of the molecule is COC1(CNCC(O)COC2CCCCC2C)CCC1. The van der Waals surface area contributed by atoms with E-state index < -0.39 is 6.10 Å². The molecule has 2 aliphatic carbocycles. The molecule has 0 spiro atoms. The summed E-state index contributed by atoms with van der Waals surface area (Å²) in [6.07, 6.45) is 8.42. The Bertz CT molecular complexity index is 275. The number of aliphatic hydroxyl groups is 1. The highest BCUT2D eigenvalue weighted by Gasteiger charge is 2.36. The number of hydrogen-bond donors (Lipinski definition) is 2. The zero-order valence-corrected chi connectivity index (χ0v) is 13.1. The fourth-order valence-corrected chi connectivity index (χ4v) is 3.31. The smallest absolute Gasteiger partial charge is 0.0897 e. The fourth-order valence-electron chi connectivity index (χ4n) is 3.31. The first-order valence-corrected chi connectivity index (χ1v) is 8.21. The van der Waals surface area contributed by atoms with Crippen LogP contribution >= 0.6 is 0 Å². The van der Waals surface area contributed by atoms with Crippen LogP contribution in [0.15, 0.2) is 0 Å². The average molecular weight is 285 g/mol. The van der Waals surface area contributed by atoms with Gasteiger partial charge in [-0.25, -0.2) is 0 Å². The zero-order chi connectivity index (χ0) is 14.4. The molecule has 3 unspecified atom stereocenters. The monoisotopic (exact) mass is 285 g/mol. The van der Waals surface area contributed by atoms with Crippen molar-refractivity contribution in [2.75, 3.05) is 26.8 Å². The van der Waals surface area contributed by atoms with Gasteiger partial charge >= 0.3 is 0 Å². The maximum Gasteiger partial charge on any atom is 0.0897 e. The Hall–Kier alpha value is -0.160. The predicted octanol–water partition coefficient (Wildman–Crippen LogP) is 2.10. The molecule has 0 aliphatic heterocycles. The lowest BCUT2D eigenvalue weighted by Gasteiger charge is -2.40. The van der Waals surface area contributed by atoms with Gasteiger partial charge in [-0.3, -0.25) is 0 Å². The molecule has 0 amide bonds. The molecule has 3 atom stereocenters. The second-order valence-corrected chi connectivity index (χ2v) is 6.66. The lowest BCUT2D eigenvalue weighted by Crippen LogP contribution is -2.49. The summed E-state index contributed by atoms with van der Waals surface area (Å²) in [5, 5.41) is 13.3. The normalized spacial score (nSPS) is 30.8. The van der Waals surface area contributed by atoms with Crippen LogP contribution in [0.4, 0.5) is 0 Å². The van der Waals surface area contributed by atoms with E-state index in [0.717, 1.165) is 25.8 Å². The standard InChI is InChI=1S/C16H31NO3/c1-13-6-3-4-7-15(13)20-11-14(18)10-17-12-16(19-2)8-5-9-16/h13-15,17-18H,3-12H2,1-2H3. The van der Waals surface area contributed by atoms with Crippen molar-refractivity contribution < 1.29 is 14.6 Å². The molecule has 0 aromatic heterocycles. The maximum atomic E-state index is 10.00. The molecule has 2 saturated carbocycles. The van der Waals surface area contributed by atoms with Crippen molar-refractivity contribution in [1.82, 2.24) is 5.32 Å². The van der Waals surface area contributed by atoms with Gasteiger partial charge in [0.15, 0.2) is 0 Å². The lowest BCUT2D eigenvalue weighted by molar-refractivity contribution is -0.0738. The summed E-state index contributed by atoms with van der Waals surface area (Å²) in [4.78, 5) is 0. The zero-order valence-electron chi connectivity index (χ0n) is 13.1. The summed E-state index contributed by atoms with van der Waals surface area (Å²) in [5.41, 5.74) is 0.0263. The van der Waals surface area contributed by atoms with Crippen molar-refractivity contribution in [3.05, 3.63) is 0 Å². The molecular formula is C16H31NO3. The molecule has 2 fully saturated rings. The Morgan fingerprint density at radius 2 is 2.00 bits per heavy atom. The molecule has 0 radical (unpaired) electrons. The Balaban J connectivity index is 1.57. The van der Waals surface area contributed by atoms with Crippen LogP contribution in [-0.4, -0.2) is 49.7 Å². The van der Waals surface area contributed by atoms with Crippen molar-refractivity contribution in [2.45, 2.75) is 69.7 Å². The van der Waals surface area contributed by atoms with Crippen LogP contribution in [0.25, 0.3) is 0 Å². The van der Waals surface area contributed by atoms with E-state index in [9.17, 15) is 5.11 Å². The first-order chi connectivity index (χ1) is 9.65. The summed E-state index contributed by atoms with van der Waals surface area (Å²) in [7, 11) is 1.78. The molecule has 0 heterocycles. The largest absolute Gasteiger partial charge is 0.389 e. The third-order valence-corrected chi connectivity index (χ3v) is 5.06. The number of methoxy groups -OCH3 is 1. The van der Waals surface area contributed by atoms with Gasteiger partial charge in [-0.05, 0) is 38.0 Å². The van der Waals surface area contributed by atoms with Gasteiger partial charge < -0.3 is 19.9 Å². The van der Waals surface area contributed by atoms with Crippen LogP contribution in [0.2, 0.25) is 0 Å². The topological polar surface area (TPSA) is 50.7 Å². The van der Waals surface area contributed by atoms with E-state index in [4.69, 9.17) is 9.47 Å². The number of rotatable bonds is 8. The molecule has 0 saturated heterocycles. The van der Waals surface area contributed by atoms with Crippen molar-refractivity contribution in [1.29, 1.82) is 0 Å². The van der Waals surface area contributed by atoms with E-state index in [1.54, 1.807) is 7.11 Å². The minimum atomic E-state index is -0.418. The molecule has 0 aromatic rings. The Morgan fingerprint density at radius 1 is 1.25 bits per heavy atom. The van der Waals surface area contributed by atoms with Crippen LogP contribution in [0.5, 0.6) is 0 Å². The average Bonchev–Trinajstić information content (AvgIpc) is 2.41. The summed E-state index contributed by atoms with van der Waals surface area (Å²) < 4.78 is 11.4. The van der Waals surface area contributed by atoms with E-state index in [0.29, 0.717) is 25.2 Å². The second-order valence-electron chi connectivity index (χ2n) is 6.66. The van der Waals surface area contributed by atoms with E-state index in [2.05, 4.69) is 12.2 Å². The highest BCUT2D eigenvalue weighted by Crippen LogP contribution is 2.34. The van der Waals surface area contributed by atoms with Crippen molar-refractivity contribution in [3.8, 4) is 0 Å². The number of hydrogen-bond acceptors (Lipinski definition) is 4. The Morgan fingerprint density at radius 3 is 2.60 bits per heavy atom. The molecule has 4 heteroatoms. The highest BCUT2D eigenvalue weighted by atomic mass is 16.5. The van der Waals surface area contributed by atoms with Crippen LogP contribution in [0, 0.1) is 5.92 Å². The Kier molecular flexibility index (Phi) is 6.27. The van der Waals surface area contributed by atoms with Gasteiger partial charge in [-0.1, -0.05) is 19.8 Å². The summed E-state index contributed by atoms with van der Waals surface area (Å²) in [6, 6.07) is 0. The third kappa shape index (κ3) is 4.42. The highest BCUT2D eigenvalue weighted by molar-refractivity contribution is 4.91. The quantitative estimate of drug-likeness (QED) is 0.717. The van der Waals surface area contributed by atoms with Gasteiger partial charge in [0.1, 0.15) is 0 Å². The number of ether oxygens (including phenoxy) is 2. The second kappa shape index (κ2) is 7.74. The molecule has 118 valence electrons. The molecular weight excluding hydrogens is 254 g/mol. The van der Waals surface area contributed by atoms with Crippen LogP contribution < -0.4 is 5.32 Å². The van der Waals surface area contributed by atoms with E-state index >= 15 is 0 Å². The summed E-state index contributed by atoms with van der Waals surface area (Å²) in [5.74, 6) is 0.635. The molecule has 4 nitrogen and oxygen atoms in total. The van der Waals surface area contributed by atoms with Gasteiger partial charge in [0, 0.05) is 20.2 Å². The number of nitrogens with one attached hydrogen (secondary N) is 1. The van der Waals surface area contributed by atoms with E-state index in [-0.39, 0.29) is 5.60 Å². The van der Waals surface area contributed by atoms with Crippen LogP contribution in [-0.2, 0) is 9.47 Å². The molecule has 0 aromatic carbocycles. The number of aliphatic hydroxyl groups excluding tert-OH is 1. The molecule has 2 aliphatic rings. The third-order valence-electron chi connectivity index (χ3n) is 5.06. The van der Waals surface area contributed by atoms with E-state index in [1.165, 1.54) is 25.7 Å². The van der Waals surface area contributed by atoms with Crippen LogP contribution in [0.3, 0.4) is 0 Å². The molecule has 2 N–H and O–H groups in total. The van der Waals surface area contributed by atoms with Gasteiger partial charge in [0.05, 0.1) is 24.4 Å². The molecule has 20 heavy (non-hydrogen) atoms. The minimum absolute atomic E-state index is 0.0263. The molecule has 2 rings (SSSR count). The van der Waals surface area contributed by atoms with Crippen molar-refractivity contribution in [2.24, 2.45) is 5.92 Å². The van der Waals surface area contributed by atoms with Crippen molar-refractivity contribution >= 4 is 0 Å². The van der Waals surface area contributed by atoms with Crippen LogP contribution in [0.1, 0.15) is 51.9 Å². The summed E-state index contributed by atoms with van der Waals surface area (Å²) >= 11 is 0. The lowest BCUT2D eigenvalue weighted by atomic mass is 9.80. The van der Waals surface area contributed by atoms with Gasteiger partial charge in [-0.2, -0.15) is 0 Å². The van der Waals surface area contributed by atoms with Gasteiger partial charge in [0.25, 0.3) is 0 Å².